The topological polar surface area (TPSA) is 55.2 Å². The van der Waals surface area contributed by atoms with Gasteiger partial charge in [-0.25, -0.2) is 4.68 Å². The number of carbonyl (C=O) groups is 1. The molecule has 0 bridgehead atoms. The maximum atomic E-state index is 13.3. The minimum Gasteiger partial charge on any atom is -0.331 e. The molecule has 2 aliphatic rings. The standard InChI is InChI=1S/C23H23N3O2/c27-22(15-25-23(28)20-10-4-2-7-17(20)14-24-25)26(18-12-13-18)21-11-5-8-16-6-1-3-9-19(16)21/h1-4,6-7,9-10,14,18,21H,5,8,11-13,15H2. The van der Waals surface area contributed by atoms with Crippen molar-refractivity contribution in [1.29, 1.82) is 0 Å². The largest absolute Gasteiger partial charge is 0.331 e. The summed E-state index contributed by atoms with van der Waals surface area (Å²) in [5, 5.41) is 5.66. The van der Waals surface area contributed by atoms with E-state index in [2.05, 4.69) is 29.4 Å². The summed E-state index contributed by atoms with van der Waals surface area (Å²) < 4.78 is 1.31. The molecule has 2 aromatic carbocycles. The van der Waals surface area contributed by atoms with Crippen LogP contribution >= 0.6 is 0 Å². The molecule has 1 aromatic heterocycles. The first-order valence-corrected chi connectivity index (χ1v) is 10.1. The predicted octanol–water partition coefficient (Wildman–Crippen LogP) is 3.47. The number of amides is 1. The van der Waals surface area contributed by atoms with Gasteiger partial charge < -0.3 is 4.90 Å². The lowest BCUT2D eigenvalue weighted by Crippen LogP contribution is -2.42. The van der Waals surface area contributed by atoms with Crippen LogP contribution in [0.5, 0.6) is 0 Å². The van der Waals surface area contributed by atoms with Gasteiger partial charge in [-0.15, -0.1) is 0 Å². The number of nitrogens with zero attached hydrogens (tertiary/aromatic N) is 3. The molecule has 0 saturated heterocycles. The summed E-state index contributed by atoms with van der Waals surface area (Å²) in [6.45, 7) is -0.00116. The van der Waals surface area contributed by atoms with Crippen molar-refractivity contribution in [2.45, 2.75) is 50.7 Å². The van der Waals surface area contributed by atoms with Crippen molar-refractivity contribution in [2.24, 2.45) is 0 Å². The minimum absolute atomic E-state index is 0.00116. The van der Waals surface area contributed by atoms with Crippen molar-refractivity contribution in [2.75, 3.05) is 0 Å². The van der Waals surface area contributed by atoms with Crippen LogP contribution in [0.25, 0.3) is 10.8 Å². The average molecular weight is 373 g/mol. The maximum absolute atomic E-state index is 13.3. The molecule has 3 aromatic rings. The van der Waals surface area contributed by atoms with Gasteiger partial charge >= 0.3 is 0 Å². The zero-order valence-corrected chi connectivity index (χ0v) is 15.8. The first-order chi connectivity index (χ1) is 13.7. The number of aromatic nitrogens is 2. The van der Waals surface area contributed by atoms with Crippen molar-refractivity contribution >= 4 is 16.7 Å². The van der Waals surface area contributed by atoms with Gasteiger partial charge in [0.2, 0.25) is 5.91 Å². The van der Waals surface area contributed by atoms with E-state index >= 15 is 0 Å². The van der Waals surface area contributed by atoms with E-state index in [0.29, 0.717) is 11.4 Å². The third-order valence-corrected chi connectivity index (χ3v) is 5.95. The molecule has 142 valence electrons. The molecule has 5 rings (SSSR count). The Morgan fingerprint density at radius 3 is 2.71 bits per heavy atom. The third-order valence-electron chi connectivity index (χ3n) is 5.95. The van der Waals surface area contributed by atoms with Crippen LogP contribution in [0.4, 0.5) is 0 Å². The van der Waals surface area contributed by atoms with E-state index < -0.39 is 0 Å². The van der Waals surface area contributed by atoms with Crippen LogP contribution in [-0.4, -0.2) is 26.6 Å². The van der Waals surface area contributed by atoms with Crippen LogP contribution in [0.2, 0.25) is 0 Å². The Labute approximate surface area is 163 Å². The number of benzene rings is 2. The zero-order chi connectivity index (χ0) is 19.1. The lowest BCUT2D eigenvalue weighted by Gasteiger charge is -2.36. The van der Waals surface area contributed by atoms with Gasteiger partial charge in [-0.05, 0) is 49.3 Å². The Bertz CT molecular complexity index is 1100. The summed E-state index contributed by atoms with van der Waals surface area (Å²) in [5.41, 5.74) is 2.41. The van der Waals surface area contributed by atoms with Crippen molar-refractivity contribution in [3.63, 3.8) is 0 Å². The van der Waals surface area contributed by atoms with Gasteiger partial charge in [0.15, 0.2) is 0 Å². The number of aryl methyl sites for hydroxylation is 1. The molecule has 1 heterocycles. The van der Waals surface area contributed by atoms with Gasteiger partial charge in [0.25, 0.3) is 5.56 Å². The zero-order valence-electron chi connectivity index (χ0n) is 15.8. The van der Waals surface area contributed by atoms with E-state index in [1.54, 1.807) is 12.3 Å². The molecule has 28 heavy (non-hydrogen) atoms. The first kappa shape index (κ1) is 17.2. The van der Waals surface area contributed by atoms with Crippen LogP contribution in [0, 0.1) is 0 Å². The fourth-order valence-electron chi connectivity index (χ4n) is 4.45. The van der Waals surface area contributed by atoms with E-state index in [1.807, 2.05) is 23.1 Å². The summed E-state index contributed by atoms with van der Waals surface area (Å²) in [6, 6.07) is 16.2. The number of hydrogen-bond donors (Lipinski definition) is 0. The number of carbonyl (C=O) groups excluding carboxylic acids is 1. The Morgan fingerprint density at radius 2 is 1.86 bits per heavy atom. The molecule has 2 aliphatic carbocycles. The van der Waals surface area contributed by atoms with Crippen LogP contribution in [0.3, 0.4) is 0 Å². The van der Waals surface area contributed by atoms with Crippen LogP contribution in [-0.2, 0) is 17.8 Å². The Morgan fingerprint density at radius 1 is 1.07 bits per heavy atom. The summed E-state index contributed by atoms with van der Waals surface area (Å²) in [4.78, 5) is 28.1. The fourth-order valence-corrected chi connectivity index (χ4v) is 4.45. The molecule has 5 heteroatoms. The molecule has 0 spiro atoms. The van der Waals surface area contributed by atoms with Gasteiger partial charge in [-0.3, -0.25) is 9.59 Å². The van der Waals surface area contributed by atoms with Crippen LogP contribution < -0.4 is 5.56 Å². The molecule has 1 unspecified atom stereocenters. The third kappa shape index (κ3) is 3.01. The summed E-state index contributed by atoms with van der Waals surface area (Å²) in [6.07, 6.45) is 6.91. The lowest BCUT2D eigenvalue weighted by atomic mass is 9.86. The average Bonchev–Trinajstić information content (AvgIpc) is 3.56. The minimum atomic E-state index is -0.203. The van der Waals surface area contributed by atoms with E-state index in [0.717, 1.165) is 37.5 Å². The highest BCUT2D eigenvalue weighted by atomic mass is 16.2. The van der Waals surface area contributed by atoms with E-state index in [4.69, 9.17) is 0 Å². The molecule has 0 N–H and O–H groups in total. The summed E-state index contributed by atoms with van der Waals surface area (Å²) >= 11 is 0. The summed E-state index contributed by atoms with van der Waals surface area (Å²) in [5.74, 6) is -0.00548. The van der Waals surface area contributed by atoms with Gasteiger partial charge in [-0.1, -0.05) is 42.5 Å². The van der Waals surface area contributed by atoms with Crippen molar-refractivity contribution in [1.82, 2.24) is 14.7 Å². The molecule has 0 aliphatic heterocycles. The van der Waals surface area contributed by atoms with Gasteiger partial charge in [0.1, 0.15) is 6.54 Å². The van der Waals surface area contributed by atoms with Crippen molar-refractivity contribution < 1.29 is 4.79 Å². The number of hydrogen-bond acceptors (Lipinski definition) is 3. The molecular weight excluding hydrogens is 350 g/mol. The summed E-state index contributed by atoms with van der Waals surface area (Å²) in [7, 11) is 0. The molecule has 0 radical (unpaired) electrons. The highest BCUT2D eigenvalue weighted by molar-refractivity contribution is 5.81. The SMILES string of the molecule is O=C(Cn1ncc2ccccc2c1=O)N(C1CC1)C1CCCc2ccccc21. The van der Waals surface area contributed by atoms with Crippen LogP contribution in [0.15, 0.2) is 59.5 Å². The Balaban J connectivity index is 1.47. The normalized spacial score (nSPS) is 18.6. The van der Waals surface area contributed by atoms with Crippen molar-refractivity contribution in [3.05, 3.63) is 76.2 Å². The second-order valence-electron chi connectivity index (χ2n) is 7.83. The maximum Gasteiger partial charge on any atom is 0.275 e. The van der Waals surface area contributed by atoms with Gasteiger partial charge in [0.05, 0.1) is 17.6 Å². The first-order valence-electron chi connectivity index (χ1n) is 10.1. The van der Waals surface area contributed by atoms with Gasteiger partial charge in [-0.2, -0.15) is 5.10 Å². The second kappa shape index (κ2) is 6.89. The molecule has 1 saturated carbocycles. The highest BCUT2D eigenvalue weighted by Gasteiger charge is 2.39. The molecule has 1 fully saturated rings. The highest BCUT2D eigenvalue weighted by Crippen LogP contribution is 2.40. The fraction of sp³-hybridized carbons (Fsp3) is 0.348. The Hall–Kier alpha value is -2.95. The number of rotatable bonds is 4. The molecular formula is C23H23N3O2. The van der Waals surface area contributed by atoms with Gasteiger partial charge in [0, 0.05) is 11.4 Å². The van der Waals surface area contributed by atoms with E-state index in [-0.39, 0.29) is 24.1 Å². The monoisotopic (exact) mass is 373 g/mol. The molecule has 1 atom stereocenters. The Kier molecular flexibility index (Phi) is 4.23. The second-order valence-corrected chi connectivity index (χ2v) is 7.83. The number of fused-ring (bicyclic) bond motifs is 2. The quantitative estimate of drug-likeness (QED) is 0.704. The van der Waals surface area contributed by atoms with Crippen molar-refractivity contribution in [3.8, 4) is 0 Å². The van der Waals surface area contributed by atoms with Crippen LogP contribution in [0.1, 0.15) is 42.9 Å². The lowest BCUT2D eigenvalue weighted by molar-refractivity contribution is -0.135. The van der Waals surface area contributed by atoms with E-state index in [1.165, 1.54) is 15.8 Å². The predicted molar refractivity (Wildman–Crippen MR) is 108 cm³/mol. The molecule has 5 nitrogen and oxygen atoms in total. The molecule has 1 amide bonds. The smallest absolute Gasteiger partial charge is 0.275 e. The van der Waals surface area contributed by atoms with E-state index in [9.17, 15) is 9.59 Å².